The molecule has 18 heavy (non-hydrogen) atoms. The van der Waals surface area contributed by atoms with Gasteiger partial charge in [-0.15, -0.1) is 0 Å². The first kappa shape index (κ1) is 12.4. The van der Waals surface area contributed by atoms with Crippen molar-refractivity contribution in [1.29, 1.82) is 0 Å². The molecular formula is C13H15N3O2. The van der Waals surface area contributed by atoms with Crippen molar-refractivity contribution in [2.75, 3.05) is 25.1 Å². The van der Waals surface area contributed by atoms with Gasteiger partial charge < -0.3 is 9.64 Å². The van der Waals surface area contributed by atoms with E-state index in [0.717, 1.165) is 31.7 Å². The number of pyridine rings is 1. The number of hydrogen-bond acceptors (Lipinski definition) is 4. The van der Waals surface area contributed by atoms with E-state index in [0.29, 0.717) is 5.69 Å². The quantitative estimate of drug-likeness (QED) is 0.590. The van der Waals surface area contributed by atoms with Crippen LogP contribution >= 0.6 is 0 Å². The summed E-state index contributed by atoms with van der Waals surface area (Å²) in [6.07, 6.45) is 3.20. The lowest BCUT2D eigenvalue weighted by Crippen LogP contribution is -2.37. The van der Waals surface area contributed by atoms with Gasteiger partial charge in [-0.3, -0.25) is 4.79 Å². The summed E-state index contributed by atoms with van der Waals surface area (Å²) in [6.45, 7) is 8.53. The molecule has 0 spiro atoms. The maximum absolute atomic E-state index is 11.4. The number of esters is 1. The molecule has 0 radical (unpaired) electrons. The van der Waals surface area contributed by atoms with Crippen molar-refractivity contribution < 1.29 is 9.53 Å². The largest absolute Gasteiger partial charge is 0.469 e. The topological polar surface area (TPSA) is 46.8 Å². The van der Waals surface area contributed by atoms with E-state index < -0.39 is 0 Å². The van der Waals surface area contributed by atoms with E-state index in [9.17, 15) is 4.79 Å². The summed E-state index contributed by atoms with van der Waals surface area (Å²) < 4.78 is 4.75. The lowest BCUT2D eigenvalue weighted by molar-refractivity contribution is -0.146. The summed E-state index contributed by atoms with van der Waals surface area (Å²) in [6, 6.07) is 3.48. The van der Waals surface area contributed by atoms with Crippen LogP contribution in [0.25, 0.3) is 4.85 Å². The Kier molecular flexibility index (Phi) is 3.78. The maximum atomic E-state index is 11.4. The zero-order chi connectivity index (χ0) is 13.0. The molecule has 0 aliphatic carbocycles. The van der Waals surface area contributed by atoms with Crippen molar-refractivity contribution in [2.45, 2.75) is 12.8 Å². The minimum absolute atomic E-state index is 0.00436. The van der Waals surface area contributed by atoms with E-state index >= 15 is 0 Å². The number of rotatable bonds is 2. The number of hydrogen-bond donors (Lipinski definition) is 0. The van der Waals surface area contributed by atoms with Crippen LogP contribution in [0.3, 0.4) is 0 Å². The molecule has 0 bridgehead atoms. The highest BCUT2D eigenvalue weighted by Gasteiger charge is 2.26. The summed E-state index contributed by atoms with van der Waals surface area (Å²) in [7, 11) is 1.43. The second kappa shape index (κ2) is 5.50. The van der Waals surface area contributed by atoms with Gasteiger partial charge in [-0.05, 0) is 25.0 Å². The number of methoxy groups -OCH3 is 1. The molecule has 94 valence electrons. The van der Waals surface area contributed by atoms with Gasteiger partial charge in [0.15, 0.2) is 5.69 Å². The van der Waals surface area contributed by atoms with Crippen LogP contribution in [0, 0.1) is 12.5 Å². The van der Waals surface area contributed by atoms with Crippen LogP contribution in [0.15, 0.2) is 18.3 Å². The Morgan fingerprint density at radius 2 is 2.28 bits per heavy atom. The first-order valence-corrected chi connectivity index (χ1v) is 5.91. The monoisotopic (exact) mass is 245 g/mol. The van der Waals surface area contributed by atoms with Crippen LogP contribution in [0.1, 0.15) is 12.8 Å². The van der Waals surface area contributed by atoms with Crippen LogP contribution in [-0.2, 0) is 9.53 Å². The van der Waals surface area contributed by atoms with E-state index in [1.54, 1.807) is 18.3 Å². The molecule has 1 fully saturated rings. The third-order valence-corrected chi connectivity index (χ3v) is 3.21. The second-order valence-corrected chi connectivity index (χ2v) is 4.27. The molecule has 2 rings (SSSR count). The summed E-state index contributed by atoms with van der Waals surface area (Å²) in [4.78, 5) is 21.2. The summed E-state index contributed by atoms with van der Waals surface area (Å²) in [5.74, 6) is 0.680. The van der Waals surface area contributed by atoms with E-state index in [1.165, 1.54) is 7.11 Å². The number of ether oxygens (including phenoxy) is 1. The predicted molar refractivity (Wildman–Crippen MR) is 67.5 cm³/mol. The van der Waals surface area contributed by atoms with Crippen LogP contribution < -0.4 is 4.90 Å². The lowest BCUT2D eigenvalue weighted by atomic mass is 9.97. The first-order valence-electron chi connectivity index (χ1n) is 5.91. The third-order valence-electron chi connectivity index (χ3n) is 3.21. The fourth-order valence-electron chi connectivity index (χ4n) is 2.16. The molecule has 1 aromatic heterocycles. The minimum Gasteiger partial charge on any atom is -0.469 e. The average molecular weight is 245 g/mol. The Labute approximate surface area is 106 Å². The molecule has 5 nitrogen and oxygen atoms in total. The molecule has 0 N–H and O–H groups in total. The molecule has 1 aliphatic heterocycles. The van der Waals surface area contributed by atoms with Gasteiger partial charge >= 0.3 is 5.97 Å². The maximum Gasteiger partial charge on any atom is 0.308 e. The Morgan fingerprint density at radius 3 is 2.89 bits per heavy atom. The fraction of sp³-hybridized carbons (Fsp3) is 0.462. The molecule has 0 atom stereocenters. The molecule has 5 heteroatoms. The van der Waals surface area contributed by atoms with E-state index in [-0.39, 0.29) is 11.9 Å². The highest BCUT2D eigenvalue weighted by Crippen LogP contribution is 2.25. The van der Waals surface area contributed by atoms with Crippen molar-refractivity contribution in [3.63, 3.8) is 0 Å². The van der Waals surface area contributed by atoms with E-state index in [1.807, 2.05) is 0 Å². The third kappa shape index (κ3) is 2.59. The molecule has 1 aromatic rings. The minimum atomic E-state index is -0.127. The van der Waals surface area contributed by atoms with Gasteiger partial charge in [-0.25, -0.2) is 9.83 Å². The van der Waals surface area contributed by atoms with Crippen LogP contribution in [0.2, 0.25) is 0 Å². The fourth-order valence-corrected chi connectivity index (χ4v) is 2.16. The van der Waals surface area contributed by atoms with Crippen molar-refractivity contribution in [1.82, 2.24) is 4.98 Å². The summed E-state index contributed by atoms with van der Waals surface area (Å²) >= 11 is 0. The summed E-state index contributed by atoms with van der Waals surface area (Å²) in [5.41, 5.74) is 0.593. The summed E-state index contributed by atoms with van der Waals surface area (Å²) in [5, 5.41) is 0. The van der Waals surface area contributed by atoms with Crippen molar-refractivity contribution in [3.05, 3.63) is 29.7 Å². The lowest BCUT2D eigenvalue weighted by Gasteiger charge is -2.31. The van der Waals surface area contributed by atoms with Gasteiger partial charge in [0.2, 0.25) is 0 Å². The Morgan fingerprint density at radius 1 is 1.56 bits per heavy atom. The van der Waals surface area contributed by atoms with Crippen molar-refractivity contribution >= 4 is 17.5 Å². The molecule has 0 aromatic carbocycles. The van der Waals surface area contributed by atoms with Crippen molar-refractivity contribution in [3.8, 4) is 0 Å². The van der Waals surface area contributed by atoms with Crippen LogP contribution in [-0.4, -0.2) is 31.2 Å². The van der Waals surface area contributed by atoms with Crippen LogP contribution in [0.4, 0.5) is 11.5 Å². The van der Waals surface area contributed by atoms with Crippen LogP contribution in [0.5, 0.6) is 0 Å². The Balaban J connectivity index is 2.01. The number of carbonyl (C=O) groups excluding carboxylic acids is 1. The van der Waals surface area contributed by atoms with Gasteiger partial charge in [-0.2, -0.15) is 0 Å². The molecule has 2 heterocycles. The van der Waals surface area contributed by atoms with Gasteiger partial charge in [0.05, 0.1) is 19.6 Å². The number of nitrogens with zero attached hydrogens (tertiary/aromatic N) is 3. The number of anilines is 1. The molecule has 1 aliphatic rings. The van der Waals surface area contributed by atoms with Gasteiger partial charge in [0, 0.05) is 19.3 Å². The van der Waals surface area contributed by atoms with E-state index in [4.69, 9.17) is 11.3 Å². The highest BCUT2D eigenvalue weighted by molar-refractivity contribution is 5.72. The molecule has 0 saturated carbocycles. The normalized spacial score (nSPS) is 16.1. The predicted octanol–water partition coefficient (Wildman–Crippen LogP) is 2.02. The van der Waals surface area contributed by atoms with E-state index in [2.05, 4.69) is 14.7 Å². The number of aromatic nitrogens is 1. The van der Waals surface area contributed by atoms with Gasteiger partial charge in [0.25, 0.3) is 0 Å². The molecule has 0 unspecified atom stereocenters. The average Bonchev–Trinajstić information content (AvgIpc) is 2.46. The van der Waals surface area contributed by atoms with Gasteiger partial charge in [-0.1, -0.05) is 0 Å². The molecule has 0 amide bonds. The zero-order valence-electron chi connectivity index (χ0n) is 10.3. The highest BCUT2D eigenvalue weighted by atomic mass is 16.5. The number of piperidine rings is 1. The zero-order valence-corrected chi connectivity index (χ0v) is 10.3. The molecular weight excluding hydrogens is 230 g/mol. The van der Waals surface area contributed by atoms with Gasteiger partial charge in [0.1, 0.15) is 5.82 Å². The standard InChI is InChI=1S/C13H15N3O2/c1-14-11-3-6-15-12(9-11)16-7-4-10(5-8-16)13(17)18-2/h3,6,9-10H,4-5,7-8H2,2H3. The Bertz CT molecular complexity index is 473. The smallest absolute Gasteiger partial charge is 0.308 e. The number of carbonyl (C=O) groups is 1. The second-order valence-electron chi connectivity index (χ2n) is 4.27. The Hall–Kier alpha value is -2.09. The van der Waals surface area contributed by atoms with Crippen molar-refractivity contribution in [2.24, 2.45) is 5.92 Å². The molecule has 1 saturated heterocycles. The first-order chi connectivity index (χ1) is 8.74. The SMILES string of the molecule is [C-]#[N+]c1ccnc(N2CCC(C(=O)OC)CC2)c1.